The lowest BCUT2D eigenvalue weighted by Gasteiger charge is -2.15. The maximum absolute atomic E-state index is 6.15. The summed E-state index contributed by atoms with van der Waals surface area (Å²) >= 11 is 1.92. The van der Waals surface area contributed by atoms with E-state index in [1.54, 1.807) is 7.11 Å². The normalized spacial score (nSPS) is 12.4. The van der Waals surface area contributed by atoms with Crippen LogP contribution in [0.4, 0.5) is 0 Å². The number of rotatable bonds is 7. The second-order valence-electron chi connectivity index (χ2n) is 3.78. The number of ether oxygens (including phenoxy) is 1. The smallest absolute Gasteiger partial charge is 0.123 e. The van der Waals surface area contributed by atoms with Crippen molar-refractivity contribution < 1.29 is 4.74 Å². The molecule has 1 rings (SSSR count). The van der Waals surface area contributed by atoms with Crippen LogP contribution < -0.4 is 10.5 Å². The van der Waals surface area contributed by atoms with E-state index in [1.165, 1.54) is 18.6 Å². The molecule has 1 atom stereocenters. The van der Waals surface area contributed by atoms with Gasteiger partial charge in [-0.1, -0.05) is 31.5 Å². The van der Waals surface area contributed by atoms with Crippen LogP contribution in [0.15, 0.2) is 24.3 Å². The van der Waals surface area contributed by atoms with Gasteiger partial charge in [0.1, 0.15) is 5.75 Å². The lowest BCUT2D eigenvalue weighted by Crippen LogP contribution is -2.14. The molecule has 90 valence electrons. The van der Waals surface area contributed by atoms with Gasteiger partial charge in [-0.15, -0.1) is 0 Å². The number of thioether (sulfide) groups is 1. The Balaban J connectivity index is 2.48. The molecule has 0 aromatic heterocycles. The summed E-state index contributed by atoms with van der Waals surface area (Å²) in [5.74, 6) is 3.05. The monoisotopic (exact) mass is 239 g/mol. The third-order valence-electron chi connectivity index (χ3n) is 2.48. The molecule has 1 aromatic rings. The van der Waals surface area contributed by atoms with Gasteiger partial charge < -0.3 is 10.5 Å². The fourth-order valence-electron chi connectivity index (χ4n) is 1.52. The first-order valence-corrected chi connectivity index (χ1v) is 6.91. The van der Waals surface area contributed by atoms with E-state index in [1.807, 2.05) is 36.0 Å². The van der Waals surface area contributed by atoms with Crippen LogP contribution in [-0.2, 0) is 0 Å². The molecule has 0 aliphatic carbocycles. The van der Waals surface area contributed by atoms with Gasteiger partial charge in [-0.2, -0.15) is 11.8 Å². The highest BCUT2D eigenvalue weighted by Gasteiger charge is 2.10. The number of para-hydroxylation sites is 1. The minimum absolute atomic E-state index is 0.0676. The van der Waals surface area contributed by atoms with Crippen molar-refractivity contribution in [2.24, 2.45) is 5.73 Å². The van der Waals surface area contributed by atoms with Crippen LogP contribution in [0.3, 0.4) is 0 Å². The van der Waals surface area contributed by atoms with Crippen molar-refractivity contribution in [1.29, 1.82) is 0 Å². The average molecular weight is 239 g/mol. The zero-order valence-electron chi connectivity index (χ0n) is 10.1. The molecule has 0 radical (unpaired) electrons. The Labute approximate surface area is 103 Å². The minimum Gasteiger partial charge on any atom is -0.496 e. The Morgan fingerprint density at radius 1 is 1.38 bits per heavy atom. The first kappa shape index (κ1) is 13.4. The number of unbranched alkanes of at least 4 members (excludes halogenated alkanes) is 1. The average Bonchev–Trinajstić information content (AvgIpc) is 2.34. The fourth-order valence-corrected chi connectivity index (χ4v) is 2.61. The van der Waals surface area contributed by atoms with Crippen LogP contribution in [-0.4, -0.2) is 18.6 Å². The second-order valence-corrected chi connectivity index (χ2v) is 4.93. The first-order chi connectivity index (χ1) is 7.79. The van der Waals surface area contributed by atoms with E-state index >= 15 is 0 Å². The molecule has 0 amide bonds. The predicted octanol–water partition coefficient (Wildman–Crippen LogP) is 3.23. The second kappa shape index (κ2) is 7.58. The Bertz CT molecular complexity index is 304. The standard InChI is InChI=1S/C13H21NOS/c1-3-4-9-16-10-12(14)11-7-5-6-8-13(11)15-2/h5-8,12H,3-4,9-10,14H2,1-2H3. The molecule has 2 N–H and O–H groups in total. The highest BCUT2D eigenvalue weighted by Crippen LogP contribution is 2.25. The van der Waals surface area contributed by atoms with Gasteiger partial charge in [-0.05, 0) is 18.2 Å². The van der Waals surface area contributed by atoms with E-state index in [4.69, 9.17) is 10.5 Å². The van der Waals surface area contributed by atoms with Crippen molar-refractivity contribution in [1.82, 2.24) is 0 Å². The molecule has 0 aliphatic heterocycles. The summed E-state index contributed by atoms with van der Waals surface area (Å²) in [6.07, 6.45) is 2.51. The van der Waals surface area contributed by atoms with Gasteiger partial charge in [0.2, 0.25) is 0 Å². The van der Waals surface area contributed by atoms with Crippen molar-refractivity contribution in [2.45, 2.75) is 25.8 Å². The lowest BCUT2D eigenvalue weighted by molar-refractivity contribution is 0.407. The van der Waals surface area contributed by atoms with Crippen molar-refractivity contribution >= 4 is 11.8 Å². The molecule has 0 heterocycles. The summed E-state index contributed by atoms with van der Waals surface area (Å²) in [5.41, 5.74) is 7.26. The number of methoxy groups -OCH3 is 1. The van der Waals surface area contributed by atoms with Gasteiger partial charge in [-0.3, -0.25) is 0 Å². The summed E-state index contributed by atoms with van der Waals surface area (Å²) in [6, 6.07) is 8.06. The quantitative estimate of drug-likeness (QED) is 0.742. The number of hydrogen-bond acceptors (Lipinski definition) is 3. The molecule has 0 bridgehead atoms. The van der Waals surface area contributed by atoms with Crippen molar-refractivity contribution in [2.75, 3.05) is 18.6 Å². The predicted molar refractivity (Wildman–Crippen MR) is 72.2 cm³/mol. The van der Waals surface area contributed by atoms with Crippen LogP contribution in [0.5, 0.6) is 5.75 Å². The molecule has 0 aliphatic rings. The molecule has 16 heavy (non-hydrogen) atoms. The summed E-state index contributed by atoms with van der Waals surface area (Å²) in [5, 5.41) is 0. The van der Waals surface area contributed by atoms with Gasteiger partial charge in [0, 0.05) is 17.4 Å². The van der Waals surface area contributed by atoms with Gasteiger partial charge in [-0.25, -0.2) is 0 Å². The maximum atomic E-state index is 6.15. The van der Waals surface area contributed by atoms with Gasteiger partial charge >= 0.3 is 0 Å². The SMILES string of the molecule is CCCCSCC(N)c1ccccc1OC. The van der Waals surface area contributed by atoms with Gasteiger partial charge in [0.15, 0.2) is 0 Å². The van der Waals surface area contributed by atoms with E-state index in [-0.39, 0.29) is 6.04 Å². The third kappa shape index (κ3) is 4.06. The van der Waals surface area contributed by atoms with Crippen LogP contribution in [0.1, 0.15) is 31.4 Å². The molecular formula is C13H21NOS. The van der Waals surface area contributed by atoms with Crippen LogP contribution in [0.2, 0.25) is 0 Å². The number of hydrogen-bond donors (Lipinski definition) is 1. The van der Waals surface area contributed by atoms with Gasteiger partial charge in [0.05, 0.1) is 7.11 Å². The van der Waals surface area contributed by atoms with Crippen LogP contribution in [0, 0.1) is 0 Å². The van der Waals surface area contributed by atoms with Crippen LogP contribution >= 0.6 is 11.8 Å². The van der Waals surface area contributed by atoms with Gasteiger partial charge in [0.25, 0.3) is 0 Å². The van der Waals surface area contributed by atoms with Crippen molar-refractivity contribution in [3.05, 3.63) is 29.8 Å². The Morgan fingerprint density at radius 3 is 2.81 bits per heavy atom. The van der Waals surface area contributed by atoms with Crippen molar-refractivity contribution in [3.63, 3.8) is 0 Å². The third-order valence-corrected chi connectivity index (χ3v) is 3.65. The largest absolute Gasteiger partial charge is 0.496 e. The minimum atomic E-state index is 0.0676. The van der Waals surface area contributed by atoms with Crippen molar-refractivity contribution in [3.8, 4) is 5.75 Å². The Hall–Kier alpha value is -0.670. The molecule has 3 heteroatoms. The van der Waals surface area contributed by atoms with E-state index in [0.29, 0.717) is 0 Å². The number of benzene rings is 1. The molecule has 0 saturated heterocycles. The zero-order chi connectivity index (χ0) is 11.8. The Kier molecular flexibility index (Phi) is 6.34. The topological polar surface area (TPSA) is 35.2 Å². The first-order valence-electron chi connectivity index (χ1n) is 5.75. The summed E-state index contributed by atoms with van der Waals surface area (Å²) in [6.45, 7) is 2.21. The summed E-state index contributed by atoms with van der Waals surface area (Å²) in [7, 11) is 1.69. The molecule has 1 aromatic carbocycles. The highest BCUT2D eigenvalue weighted by molar-refractivity contribution is 7.99. The maximum Gasteiger partial charge on any atom is 0.123 e. The van der Waals surface area contributed by atoms with E-state index < -0.39 is 0 Å². The molecule has 0 spiro atoms. The molecule has 2 nitrogen and oxygen atoms in total. The summed E-state index contributed by atoms with van der Waals surface area (Å²) in [4.78, 5) is 0. The molecule has 0 saturated carbocycles. The Morgan fingerprint density at radius 2 is 2.12 bits per heavy atom. The molecule has 1 unspecified atom stereocenters. The van der Waals surface area contributed by atoms with E-state index in [9.17, 15) is 0 Å². The van der Waals surface area contributed by atoms with Crippen LogP contribution in [0.25, 0.3) is 0 Å². The molecule has 0 fully saturated rings. The zero-order valence-corrected chi connectivity index (χ0v) is 10.9. The molecular weight excluding hydrogens is 218 g/mol. The fraction of sp³-hybridized carbons (Fsp3) is 0.538. The lowest BCUT2D eigenvalue weighted by atomic mass is 10.1. The van der Waals surface area contributed by atoms with E-state index in [2.05, 4.69) is 6.92 Å². The number of nitrogens with two attached hydrogens (primary N) is 1. The summed E-state index contributed by atoms with van der Waals surface area (Å²) < 4.78 is 5.30. The van der Waals surface area contributed by atoms with E-state index in [0.717, 1.165) is 17.1 Å². The highest BCUT2D eigenvalue weighted by atomic mass is 32.2.